The summed E-state index contributed by atoms with van der Waals surface area (Å²) in [4.78, 5) is 21.6. The Labute approximate surface area is 176 Å². The van der Waals surface area contributed by atoms with Crippen LogP contribution in [0.25, 0.3) is 0 Å². The van der Waals surface area contributed by atoms with Gasteiger partial charge < -0.3 is 4.90 Å². The minimum absolute atomic E-state index is 0.139. The summed E-state index contributed by atoms with van der Waals surface area (Å²) in [5.74, 6) is -0.308. The molecule has 1 saturated heterocycles. The van der Waals surface area contributed by atoms with Gasteiger partial charge in [-0.1, -0.05) is 30.0 Å². The summed E-state index contributed by atoms with van der Waals surface area (Å²) in [6.45, 7) is 2.23. The molecular weight excluding hydrogens is 441 g/mol. The number of alkyl halides is 3. The minimum Gasteiger partial charge on any atom is -0.339 e. The lowest BCUT2D eigenvalue weighted by atomic mass is 10.3. The summed E-state index contributed by atoms with van der Waals surface area (Å²) in [5.41, 5.74) is -1.07. The lowest BCUT2D eigenvalue weighted by molar-refractivity contribution is -0.141. The lowest BCUT2D eigenvalue weighted by Crippen LogP contribution is -2.52. The third-order valence-electron chi connectivity index (χ3n) is 4.49. The van der Waals surface area contributed by atoms with E-state index in [1.807, 2.05) is 0 Å². The number of carbonyl (C=O) groups is 1. The number of rotatable bonds is 5. The molecule has 7 nitrogen and oxygen atoms in total. The maximum atomic E-state index is 12.8. The number of hydrogen-bond donors (Lipinski definition) is 0. The van der Waals surface area contributed by atoms with Crippen LogP contribution in [0, 0.1) is 0 Å². The molecule has 1 fully saturated rings. The van der Waals surface area contributed by atoms with E-state index in [2.05, 4.69) is 9.97 Å². The molecule has 2 aromatic rings. The van der Waals surface area contributed by atoms with Crippen molar-refractivity contribution in [3.05, 3.63) is 48.3 Å². The zero-order valence-electron chi connectivity index (χ0n) is 15.9. The van der Waals surface area contributed by atoms with Gasteiger partial charge in [0.05, 0.1) is 10.1 Å². The molecule has 1 aliphatic heterocycles. The molecule has 2 heterocycles. The second-order valence-electron chi connectivity index (χ2n) is 6.52. The maximum absolute atomic E-state index is 12.8. The Bertz CT molecular complexity index is 995. The van der Waals surface area contributed by atoms with Crippen LogP contribution in [0.2, 0.25) is 0 Å². The third-order valence-corrected chi connectivity index (χ3v) is 7.36. The fourth-order valence-corrected chi connectivity index (χ4v) is 5.19. The molecule has 1 aromatic carbocycles. The molecule has 3 rings (SSSR count). The van der Waals surface area contributed by atoms with Crippen molar-refractivity contribution in [3.8, 4) is 0 Å². The molecule has 1 atom stereocenters. The zero-order valence-corrected chi connectivity index (χ0v) is 17.5. The fourth-order valence-electron chi connectivity index (χ4n) is 2.91. The second-order valence-corrected chi connectivity index (χ2v) is 9.77. The van der Waals surface area contributed by atoms with Crippen molar-refractivity contribution in [3.63, 3.8) is 0 Å². The van der Waals surface area contributed by atoms with Gasteiger partial charge in [0.1, 0.15) is 5.69 Å². The monoisotopic (exact) mass is 460 g/mol. The molecular formula is C18H19F3N4O3S2. The van der Waals surface area contributed by atoms with Crippen LogP contribution in [0.4, 0.5) is 13.2 Å². The number of aromatic nitrogens is 2. The van der Waals surface area contributed by atoms with Crippen LogP contribution in [0.5, 0.6) is 0 Å². The van der Waals surface area contributed by atoms with Gasteiger partial charge in [0.2, 0.25) is 15.9 Å². The van der Waals surface area contributed by atoms with E-state index in [0.717, 1.165) is 24.0 Å². The summed E-state index contributed by atoms with van der Waals surface area (Å²) in [5, 5.41) is -0.860. The first kappa shape index (κ1) is 22.5. The molecule has 0 N–H and O–H groups in total. The number of halogens is 3. The number of amides is 1. The summed E-state index contributed by atoms with van der Waals surface area (Å²) in [6, 6.07) is 8.80. The van der Waals surface area contributed by atoms with E-state index in [4.69, 9.17) is 0 Å². The van der Waals surface area contributed by atoms with E-state index < -0.39 is 27.1 Å². The van der Waals surface area contributed by atoms with E-state index in [0.29, 0.717) is 0 Å². The predicted molar refractivity (Wildman–Crippen MR) is 104 cm³/mol. The molecule has 162 valence electrons. The van der Waals surface area contributed by atoms with E-state index in [1.54, 1.807) is 25.1 Å². The largest absolute Gasteiger partial charge is 0.433 e. The average Bonchev–Trinajstić information content (AvgIpc) is 2.73. The average molecular weight is 461 g/mol. The molecule has 0 aliphatic carbocycles. The highest BCUT2D eigenvalue weighted by molar-refractivity contribution is 8.00. The van der Waals surface area contributed by atoms with Crippen LogP contribution in [0.1, 0.15) is 12.6 Å². The van der Waals surface area contributed by atoms with Gasteiger partial charge in [0.15, 0.2) is 5.16 Å². The van der Waals surface area contributed by atoms with E-state index in [1.165, 1.54) is 21.3 Å². The van der Waals surface area contributed by atoms with Crippen LogP contribution < -0.4 is 0 Å². The van der Waals surface area contributed by atoms with Crippen molar-refractivity contribution in [1.29, 1.82) is 0 Å². The van der Waals surface area contributed by atoms with Crippen LogP contribution in [0.15, 0.2) is 52.6 Å². The first-order valence-electron chi connectivity index (χ1n) is 9.00. The van der Waals surface area contributed by atoms with Crippen molar-refractivity contribution in [1.82, 2.24) is 19.2 Å². The highest BCUT2D eigenvalue weighted by atomic mass is 32.2. The number of carbonyl (C=O) groups excluding carboxylic acids is 1. The first-order chi connectivity index (χ1) is 14.1. The molecule has 0 saturated carbocycles. The predicted octanol–water partition coefficient (Wildman–Crippen LogP) is 2.51. The summed E-state index contributed by atoms with van der Waals surface area (Å²) >= 11 is 0.834. The van der Waals surface area contributed by atoms with Crippen LogP contribution in [0.3, 0.4) is 0 Å². The van der Waals surface area contributed by atoms with E-state index in [-0.39, 0.29) is 42.1 Å². The highest BCUT2D eigenvalue weighted by Gasteiger charge is 2.34. The molecule has 0 radical (unpaired) electrons. The Kier molecular flexibility index (Phi) is 6.68. The van der Waals surface area contributed by atoms with Gasteiger partial charge in [-0.3, -0.25) is 4.79 Å². The SMILES string of the molecule is CC(Sc1nccc(C(F)(F)F)n1)C(=O)N1CCN(S(=O)(=O)c2ccccc2)CC1. The number of sulfonamides is 1. The van der Waals surface area contributed by atoms with Crippen molar-refractivity contribution < 1.29 is 26.4 Å². The first-order valence-corrected chi connectivity index (χ1v) is 11.3. The van der Waals surface area contributed by atoms with Gasteiger partial charge in [-0.15, -0.1) is 0 Å². The lowest BCUT2D eigenvalue weighted by Gasteiger charge is -2.35. The van der Waals surface area contributed by atoms with Crippen molar-refractivity contribution >= 4 is 27.7 Å². The van der Waals surface area contributed by atoms with Gasteiger partial charge in [-0.2, -0.15) is 17.5 Å². The standard InChI is InChI=1S/C18H19F3N4O3S2/c1-13(29-17-22-8-7-15(23-17)18(19,20)21)16(26)24-9-11-25(12-10-24)30(27,28)14-5-3-2-4-6-14/h2-8,13H,9-12H2,1H3. The number of benzene rings is 1. The Hall–Kier alpha value is -2.18. The minimum atomic E-state index is -4.59. The number of piperazine rings is 1. The normalized spacial score (nSPS) is 17.0. The Morgan fingerprint density at radius 3 is 2.33 bits per heavy atom. The topological polar surface area (TPSA) is 83.5 Å². The molecule has 30 heavy (non-hydrogen) atoms. The fraction of sp³-hybridized carbons (Fsp3) is 0.389. The highest BCUT2D eigenvalue weighted by Crippen LogP contribution is 2.29. The number of nitrogens with zero attached hydrogens (tertiary/aromatic N) is 4. The van der Waals surface area contributed by atoms with E-state index in [9.17, 15) is 26.4 Å². The van der Waals surface area contributed by atoms with Crippen molar-refractivity contribution in [2.24, 2.45) is 0 Å². The molecule has 1 aromatic heterocycles. The molecule has 0 bridgehead atoms. The van der Waals surface area contributed by atoms with Gasteiger partial charge in [-0.25, -0.2) is 18.4 Å². The Balaban J connectivity index is 1.60. The second kappa shape index (κ2) is 8.90. The van der Waals surface area contributed by atoms with Gasteiger partial charge in [0, 0.05) is 32.4 Å². The third kappa shape index (κ3) is 5.10. The smallest absolute Gasteiger partial charge is 0.339 e. The van der Waals surface area contributed by atoms with Crippen LogP contribution in [-0.2, 0) is 21.0 Å². The van der Waals surface area contributed by atoms with Crippen LogP contribution in [-0.4, -0.2) is 64.9 Å². The summed E-state index contributed by atoms with van der Waals surface area (Å²) < 4.78 is 65.0. The molecule has 0 spiro atoms. The van der Waals surface area contributed by atoms with Crippen molar-refractivity contribution in [2.75, 3.05) is 26.2 Å². The van der Waals surface area contributed by atoms with Crippen LogP contribution >= 0.6 is 11.8 Å². The summed E-state index contributed by atoms with van der Waals surface area (Å²) in [7, 11) is -3.64. The van der Waals surface area contributed by atoms with E-state index >= 15 is 0 Å². The number of thioether (sulfide) groups is 1. The number of hydrogen-bond acceptors (Lipinski definition) is 6. The Morgan fingerprint density at radius 2 is 1.73 bits per heavy atom. The summed E-state index contributed by atoms with van der Waals surface area (Å²) in [6.07, 6.45) is -3.59. The Morgan fingerprint density at radius 1 is 1.10 bits per heavy atom. The molecule has 1 aliphatic rings. The zero-order chi connectivity index (χ0) is 21.9. The van der Waals surface area contributed by atoms with Gasteiger partial charge >= 0.3 is 6.18 Å². The van der Waals surface area contributed by atoms with Crippen molar-refractivity contribution in [2.45, 2.75) is 28.4 Å². The molecule has 1 unspecified atom stereocenters. The van der Waals surface area contributed by atoms with Gasteiger partial charge in [-0.05, 0) is 25.1 Å². The molecule has 1 amide bonds. The quantitative estimate of drug-likeness (QED) is 0.504. The molecule has 12 heteroatoms. The maximum Gasteiger partial charge on any atom is 0.433 e. The van der Waals surface area contributed by atoms with Gasteiger partial charge in [0.25, 0.3) is 0 Å².